The summed E-state index contributed by atoms with van der Waals surface area (Å²) in [4.78, 5) is 13.8. The number of nitrogens with zero attached hydrogens (tertiary/aromatic N) is 1. The highest BCUT2D eigenvalue weighted by Gasteiger charge is 2.31. The maximum atomic E-state index is 13.0. The first kappa shape index (κ1) is 13.0. The average molecular weight is 254 g/mol. The molecule has 2 N–H and O–H groups in total. The summed E-state index contributed by atoms with van der Waals surface area (Å²) in [6.07, 6.45) is 2.10. The van der Waals surface area contributed by atoms with Crippen molar-refractivity contribution in [1.82, 2.24) is 4.90 Å². The fourth-order valence-corrected chi connectivity index (χ4v) is 1.96. The minimum atomic E-state index is -0.919. The van der Waals surface area contributed by atoms with Crippen LogP contribution in [0.15, 0.2) is 18.2 Å². The Bertz CT molecular complexity index is 447. The molecule has 1 aliphatic carbocycles. The van der Waals surface area contributed by atoms with Crippen LogP contribution < -0.4 is 5.73 Å². The lowest BCUT2D eigenvalue weighted by Crippen LogP contribution is -2.38. The van der Waals surface area contributed by atoms with Gasteiger partial charge < -0.3 is 10.6 Å². The second-order valence-corrected chi connectivity index (χ2v) is 4.53. The van der Waals surface area contributed by atoms with Crippen molar-refractivity contribution in [3.8, 4) is 0 Å². The van der Waals surface area contributed by atoms with Crippen LogP contribution in [0.4, 0.5) is 8.78 Å². The van der Waals surface area contributed by atoms with E-state index < -0.39 is 11.6 Å². The second-order valence-electron chi connectivity index (χ2n) is 4.53. The molecular weight excluding hydrogens is 238 g/mol. The van der Waals surface area contributed by atoms with Gasteiger partial charge in [0, 0.05) is 19.1 Å². The number of hydrogen-bond acceptors (Lipinski definition) is 2. The molecular formula is C13H16F2N2O. The number of carbonyl (C=O) groups excluding carboxylic acids is 1. The second kappa shape index (κ2) is 5.44. The Morgan fingerprint density at radius 2 is 2.06 bits per heavy atom. The lowest BCUT2D eigenvalue weighted by molar-refractivity contribution is -0.130. The molecule has 1 aromatic rings. The van der Waals surface area contributed by atoms with Crippen molar-refractivity contribution in [3.63, 3.8) is 0 Å². The van der Waals surface area contributed by atoms with Gasteiger partial charge in [0.2, 0.25) is 5.91 Å². The first-order chi connectivity index (χ1) is 8.61. The monoisotopic (exact) mass is 254 g/mol. The normalized spacial score (nSPS) is 14.6. The highest BCUT2D eigenvalue weighted by molar-refractivity contribution is 5.79. The molecule has 1 fully saturated rings. The van der Waals surface area contributed by atoms with Crippen LogP contribution in [-0.4, -0.2) is 29.9 Å². The third-order valence-electron chi connectivity index (χ3n) is 3.02. The van der Waals surface area contributed by atoms with E-state index in [2.05, 4.69) is 0 Å². The van der Waals surface area contributed by atoms with Crippen LogP contribution in [0.25, 0.3) is 0 Å². The van der Waals surface area contributed by atoms with Gasteiger partial charge in [-0.2, -0.15) is 0 Å². The molecule has 3 nitrogen and oxygen atoms in total. The summed E-state index contributed by atoms with van der Waals surface area (Å²) in [5, 5.41) is 0. The Labute approximate surface area is 105 Å². The third kappa shape index (κ3) is 3.04. The predicted octanol–water partition coefficient (Wildman–Crippen LogP) is 1.46. The fraction of sp³-hybridized carbons (Fsp3) is 0.462. The standard InChI is InChI=1S/C13H16F2N2O/c14-11-4-1-9(7-12(11)15)8-13(18)17(6-5-16)10-2-3-10/h1,4,7,10H,2-3,5-6,8,16H2. The van der Waals surface area contributed by atoms with Crippen LogP contribution in [0.3, 0.4) is 0 Å². The van der Waals surface area contributed by atoms with Gasteiger partial charge in [-0.25, -0.2) is 8.78 Å². The SMILES string of the molecule is NCCN(C(=O)Cc1ccc(F)c(F)c1)C1CC1. The van der Waals surface area contributed by atoms with Gasteiger partial charge in [0.15, 0.2) is 11.6 Å². The summed E-state index contributed by atoms with van der Waals surface area (Å²) >= 11 is 0. The van der Waals surface area contributed by atoms with Gasteiger partial charge in [0.25, 0.3) is 0 Å². The number of rotatable bonds is 5. The summed E-state index contributed by atoms with van der Waals surface area (Å²) in [7, 11) is 0. The minimum absolute atomic E-state index is 0.0750. The van der Waals surface area contributed by atoms with E-state index in [1.807, 2.05) is 0 Å². The van der Waals surface area contributed by atoms with Gasteiger partial charge in [-0.05, 0) is 30.5 Å². The first-order valence-electron chi connectivity index (χ1n) is 6.05. The molecule has 1 saturated carbocycles. The van der Waals surface area contributed by atoms with E-state index in [4.69, 9.17) is 5.73 Å². The summed E-state index contributed by atoms with van der Waals surface area (Å²) < 4.78 is 25.8. The van der Waals surface area contributed by atoms with E-state index >= 15 is 0 Å². The molecule has 1 aromatic carbocycles. The van der Waals surface area contributed by atoms with Gasteiger partial charge in [0.1, 0.15) is 0 Å². The van der Waals surface area contributed by atoms with Gasteiger partial charge in [-0.15, -0.1) is 0 Å². The van der Waals surface area contributed by atoms with E-state index in [0.29, 0.717) is 18.7 Å². The molecule has 0 spiro atoms. The van der Waals surface area contributed by atoms with Crippen molar-refractivity contribution in [2.45, 2.75) is 25.3 Å². The van der Waals surface area contributed by atoms with Crippen LogP contribution in [0, 0.1) is 11.6 Å². The van der Waals surface area contributed by atoms with Gasteiger partial charge >= 0.3 is 0 Å². The van der Waals surface area contributed by atoms with Crippen molar-refractivity contribution in [2.24, 2.45) is 5.73 Å². The van der Waals surface area contributed by atoms with Crippen LogP contribution in [0.1, 0.15) is 18.4 Å². The smallest absolute Gasteiger partial charge is 0.227 e. The summed E-state index contributed by atoms with van der Waals surface area (Å²) in [6, 6.07) is 3.83. The largest absolute Gasteiger partial charge is 0.338 e. The van der Waals surface area contributed by atoms with E-state index in [-0.39, 0.29) is 18.4 Å². The summed E-state index contributed by atoms with van der Waals surface area (Å²) in [5.74, 6) is -1.89. The summed E-state index contributed by atoms with van der Waals surface area (Å²) in [5.41, 5.74) is 5.95. The molecule has 0 aliphatic heterocycles. The Morgan fingerprint density at radius 1 is 1.33 bits per heavy atom. The van der Waals surface area contributed by atoms with E-state index in [9.17, 15) is 13.6 Å². The molecule has 0 radical (unpaired) electrons. The van der Waals surface area contributed by atoms with Crippen molar-refractivity contribution in [3.05, 3.63) is 35.4 Å². The van der Waals surface area contributed by atoms with E-state index in [1.54, 1.807) is 4.90 Å². The fourth-order valence-electron chi connectivity index (χ4n) is 1.96. The zero-order valence-electron chi connectivity index (χ0n) is 10.0. The molecule has 2 rings (SSSR count). The summed E-state index contributed by atoms with van der Waals surface area (Å²) in [6.45, 7) is 0.938. The van der Waals surface area contributed by atoms with Crippen molar-refractivity contribution in [1.29, 1.82) is 0 Å². The van der Waals surface area contributed by atoms with Crippen LogP contribution in [-0.2, 0) is 11.2 Å². The minimum Gasteiger partial charge on any atom is -0.338 e. The van der Waals surface area contributed by atoms with Gasteiger partial charge in [0.05, 0.1) is 6.42 Å². The van der Waals surface area contributed by atoms with Crippen LogP contribution in [0.5, 0.6) is 0 Å². The zero-order chi connectivity index (χ0) is 13.1. The van der Waals surface area contributed by atoms with Crippen molar-refractivity contribution in [2.75, 3.05) is 13.1 Å². The molecule has 0 saturated heterocycles. The number of carbonyl (C=O) groups is 1. The number of nitrogens with two attached hydrogens (primary N) is 1. The third-order valence-corrected chi connectivity index (χ3v) is 3.02. The molecule has 0 aromatic heterocycles. The lowest BCUT2D eigenvalue weighted by Gasteiger charge is -2.21. The first-order valence-corrected chi connectivity index (χ1v) is 6.05. The molecule has 1 amide bonds. The van der Waals surface area contributed by atoms with Crippen molar-refractivity contribution < 1.29 is 13.6 Å². The zero-order valence-corrected chi connectivity index (χ0v) is 10.0. The van der Waals surface area contributed by atoms with E-state index in [0.717, 1.165) is 25.0 Å². The van der Waals surface area contributed by atoms with Crippen LogP contribution in [0.2, 0.25) is 0 Å². The highest BCUT2D eigenvalue weighted by Crippen LogP contribution is 2.27. The Hall–Kier alpha value is -1.49. The Morgan fingerprint density at radius 3 is 2.61 bits per heavy atom. The molecule has 0 atom stereocenters. The van der Waals surface area contributed by atoms with Crippen LogP contribution >= 0.6 is 0 Å². The number of benzene rings is 1. The average Bonchev–Trinajstić information content (AvgIpc) is 3.15. The predicted molar refractivity (Wildman–Crippen MR) is 63.9 cm³/mol. The molecule has 1 aliphatic rings. The molecule has 5 heteroatoms. The van der Waals surface area contributed by atoms with Gasteiger partial charge in [-0.3, -0.25) is 4.79 Å². The quantitative estimate of drug-likeness (QED) is 0.864. The van der Waals surface area contributed by atoms with E-state index in [1.165, 1.54) is 6.07 Å². The molecule has 0 unspecified atom stereocenters. The lowest BCUT2D eigenvalue weighted by atomic mass is 10.1. The maximum absolute atomic E-state index is 13.0. The number of amides is 1. The molecule has 0 bridgehead atoms. The molecule has 98 valence electrons. The molecule has 0 heterocycles. The number of halogens is 2. The van der Waals surface area contributed by atoms with Gasteiger partial charge in [-0.1, -0.05) is 6.07 Å². The highest BCUT2D eigenvalue weighted by atomic mass is 19.2. The topological polar surface area (TPSA) is 46.3 Å². The maximum Gasteiger partial charge on any atom is 0.227 e. The van der Waals surface area contributed by atoms with Crippen molar-refractivity contribution >= 4 is 5.91 Å². The Kier molecular flexibility index (Phi) is 3.91. The number of hydrogen-bond donors (Lipinski definition) is 1. The Balaban J connectivity index is 2.02. The molecule has 18 heavy (non-hydrogen) atoms.